The maximum Gasteiger partial charge on any atom is 0.256 e. The van der Waals surface area contributed by atoms with Gasteiger partial charge in [-0.2, -0.15) is 5.10 Å². The zero-order chi connectivity index (χ0) is 14.1. The Morgan fingerprint density at radius 3 is 2.85 bits per heavy atom. The summed E-state index contributed by atoms with van der Waals surface area (Å²) in [6.07, 6.45) is 6.95. The van der Waals surface area contributed by atoms with Crippen LogP contribution in [0.5, 0.6) is 0 Å². The lowest BCUT2D eigenvalue weighted by molar-refractivity contribution is 0.0901. The maximum atomic E-state index is 12.2. The SMILES string of the molecule is Cn1ncc(C(=O)NCC(O)C2CC2)c1-n1cccc1. The van der Waals surface area contributed by atoms with Crippen LogP contribution < -0.4 is 5.32 Å². The Kier molecular flexibility index (Phi) is 3.31. The van der Waals surface area contributed by atoms with Crippen molar-refractivity contribution in [1.29, 1.82) is 0 Å². The van der Waals surface area contributed by atoms with Crippen molar-refractivity contribution in [3.05, 3.63) is 36.3 Å². The van der Waals surface area contributed by atoms with Gasteiger partial charge in [-0.25, -0.2) is 0 Å². The summed E-state index contributed by atoms with van der Waals surface area (Å²) in [6.45, 7) is 0.295. The number of carbonyl (C=O) groups is 1. The Bertz CT molecular complexity index is 599. The summed E-state index contributed by atoms with van der Waals surface area (Å²) in [5.41, 5.74) is 0.506. The summed E-state index contributed by atoms with van der Waals surface area (Å²) in [4.78, 5) is 12.2. The fourth-order valence-corrected chi connectivity index (χ4v) is 2.31. The van der Waals surface area contributed by atoms with E-state index in [0.717, 1.165) is 12.8 Å². The molecule has 6 heteroatoms. The minimum absolute atomic E-state index is 0.207. The van der Waals surface area contributed by atoms with Crippen LogP contribution in [0.1, 0.15) is 23.2 Å². The van der Waals surface area contributed by atoms with Crippen molar-refractivity contribution in [2.45, 2.75) is 18.9 Å². The Morgan fingerprint density at radius 1 is 1.50 bits per heavy atom. The predicted octanol–water partition coefficient (Wildman–Crippen LogP) is 0.711. The highest BCUT2D eigenvalue weighted by atomic mass is 16.3. The Balaban J connectivity index is 1.74. The average Bonchev–Trinajstić information content (AvgIpc) is 3.02. The van der Waals surface area contributed by atoms with Crippen molar-refractivity contribution in [2.24, 2.45) is 13.0 Å². The van der Waals surface area contributed by atoms with Gasteiger partial charge in [-0.05, 0) is 30.9 Å². The van der Waals surface area contributed by atoms with Gasteiger partial charge in [0.15, 0.2) is 0 Å². The molecule has 0 saturated heterocycles. The lowest BCUT2D eigenvalue weighted by Gasteiger charge is -2.11. The fraction of sp³-hybridized carbons (Fsp3) is 0.429. The van der Waals surface area contributed by atoms with Crippen LogP contribution in [0.25, 0.3) is 5.82 Å². The molecule has 6 nitrogen and oxygen atoms in total. The molecule has 0 radical (unpaired) electrons. The first kappa shape index (κ1) is 12.9. The largest absolute Gasteiger partial charge is 0.391 e. The van der Waals surface area contributed by atoms with E-state index >= 15 is 0 Å². The molecule has 1 aliphatic rings. The molecule has 2 N–H and O–H groups in total. The van der Waals surface area contributed by atoms with E-state index in [2.05, 4.69) is 10.4 Å². The van der Waals surface area contributed by atoms with Crippen LogP contribution >= 0.6 is 0 Å². The van der Waals surface area contributed by atoms with Gasteiger partial charge >= 0.3 is 0 Å². The first-order valence-electron chi connectivity index (χ1n) is 6.78. The van der Waals surface area contributed by atoms with E-state index < -0.39 is 6.10 Å². The van der Waals surface area contributed by atoms with Gasteiger partial charge in [-0.15, -0.1) is 0 Å². The average molecular weight is 274 g/mol. The first-order valence-corrected chi connectivity index (χ1v) is 6.78. The molecular weight excluding hydrogens is 256 g/mol. The van der Waals surface area contributed by atoms with Crippen LogP contribution in [-0.2, 0) is 7.05 Å². The zero-order valence-electron chi connectivity index (χ0n) is 11.4. The van der Waals surface area contributed by atoms with Crippen LogP contribution in [0.2, 0.25) is 0 Å². The van der Waals surface area contributed by atoms with E-state index in [4.69, 9.17) is 0 Å². The molecule has 1 unspecified atom stereocenters. The first-order chi connectivity index (χ1) is 9.66. The van der Waals surface area contributed by atoms with Gasteiger partial charge in [-0.1, -0.05) is 0 Å². The number of amides is 1. The normalized spacial score (nSPS) is 16.1. The van der Waals surface area contributed by atoms with Crippen molar-refractivity contribution in [2.75, 3.05) is 6.54 Å². The molecule has 2 heterocycles. The summed E-state index contributed by atoms with van der Waals surface area (Å²) in [5, 5.41) is 16.7. The summed E-state index contributed by atoms with van der Waals surface area (Å²) >= 11 is 0. The molecule has 0 aromatic carbocycles. The molecular formula is C14H18N4O2. The zero-order valence-corrected chi connectivity index (χ0v) is 11.4. The monoisotopic (exact) mass is 274 g/mol. The van der Waals surface area contributed by atoms with E-state index in [1.807, 2.05) is 29.1 Å². The van der Waals surface area contributed by atoms with Crippen molar-refractivity contribution >= 4 is 5.91 Å². The Morgan fingerprint density at radius 2 is 2.20 bits per heavy atom. The molecule has 1 atom stereocenters. The summed E-state index contributed by atoms with van der Waals surface area (Å²) < 4.78 is 3.51. The molecule has 106 valence electrons. The number of nitrogens with zero attached hydrogens (tertiary/aromatic N) is 3. The van der Waals surface area contributed by atoms with Crippen molar-refractivity contribution in [3.8, 4) is 5.82 Å². The molecule has 0 bridgehead atoms. The minimum atomic E-state index is -0.439. The van der Waals surface area contributed by atoms with E-state index in [0.29, 0.717) is 23.8 Å². The van der Waals surface area contributed by atoms with Gasteiger partial charge < -0.3 is 15.0 Å². The fourth-order valence-electron chi connectivity index (χ4n) is 2.31. The van der Waals surface area contributed by atoms with Gasteiger partial charge in [-0.3, -0.25) is 9.48 Å². The number of aryl methyl sites for hydroxylation is 1. The summed E-state index contributed by atoms with van der Waals surface area (Å²) in [5.74, 6) is 0.864. The van der Waals surface area contributed by atoms with Crippen molar-refractivity contribution in [3.63, 3.8) is 0 Å². The van der Waals surface area contributed by atoms with Crippen LogP contribution in [-0.4, -0.2) is 38.0 Å². The molecule has 20 heavy (non-hydrogen) atoms. The lowest BCUT2D eigenvalue weighted by atomic mass is 10.2. The molecule has 0 aliphatic heterocycles. The third kappa shape index (κ3) is 2.46. The quantitative estimate of drug-likeness (QED) is 0.843. The molecule has 2 aromatic rings. The third-order valence-corrected chi connectivity index (χ3v) is 3.64. The Hall–Kier alpha value is -2.08. The molecule has 1 fully saturated rings. The van der Waals surface area contributed by atoms with Gasteiger partial charge in [0.25, 0.3) is 5.91 Å². The number of aromatic nitrogens is 3. The number of hydrogen-bond acceptors (Lipinski definition) is 3. The second-order valence-corrected chi connectivity index (χ2v) is 5.21. The highest BCUT2D eigenvalue weighted by Gasteiger charge is 2.30. The molecule has 1 aliphatic carbocycles. The smallest absolute Gasteiger partial charge is 0.256 e. The van der Waals surface area contributed by atoms with Crippen molar-refractivity contribution < 1.29 is 9.90 Å². The summed E-state index contributed by atoms with van der Waals surface area (Å²) in [6, 6.07) is 3.79. The van der Waals surface area contributed by atoms with Crippen LogP contribution in [0, 0.1) is 5.92 Å². The second-order valence-electron chi connectivity index (χ2n) is 5.21. The maximum absolute atomic E-state index is 12.2. The van der Waals surface area contributed by atoms with E-state index in [9.17, 15) is 9.90 Å². The standard InChI is InChI=1S/C14H18N4O2/c1-17-14(18-6-2-3-7-18)11(8-16-17)13(20)15-9-12(19)10-4-5-10/h2-3,6-8,10,12,19H,4-5,9H2,1H3,(H,15,20). The van der Waals surface area contributed by atoms with E-state index in [1.165, 1.54) is 0 Å². The summed E-state index contributed by atoms with van der Waals surface area (Å²) in [7, 11) is 1.80. The van der Waals surface area contributed by atoms with Gasteiger partial charge in [0.1, 0.15) is 11.4 Å². The van der Waals surface area contributed by atoms with Crippen LogP contribution in [0.3, 0.4) is 0 Å². The number of rotatable bonds is 5. The third-order valence-electron chi connectivity index (χ3n) is 3.64. The topological polar surface area (TPSA) is 72.1 Å². The molecule has 1 amide bonds. The van der Waals surface area contributed by atoms with E-state index in [1.54, 1.807) is 17.9 Å². The minimum Gasteiger partial charge on any atom is -0.391 e. The number of hydrogen-bond donors (Lipinski definition) is 2. The number of nitrogens with one attached hydrogen (secondary N) is 1. The highest BCUT2D eigenvalue weighted by Crippen LogP contribution is 2.32. The van der Waals surface area contributed by atoms with Gasteiger partial charge in [0.2, 0.25) is 0 Å². The molecule has 0 spiro atoms. The second kappa shape index (κ2) is 5.13. The van der Waals surface area contributed by atoms with Gasteiger partial charge in [0, 0.05) is 26.0 Å². The number of carbonyl (C=O) groups excluding carboxylic acids is 1. The molecule has 2 aromatic heterocycles. The van der Waals surface area contributed by atoms with Gasteiger partial charge in [0.05, 0.1) is 12.3 Å². The molecule has 3 rings (SSSR count). The van der Waals surface area contributed by atoms with Crippen LogP contribution in [0.15, 0.2) is 30.7 Å². The van der Waals surface area contributed by atoms with Crippen molar-refractivity contribution in [1.82, 2.24) is 19.7 Å². The Labute approximate surface area is 117 Å². The van der Waals surface area contributed by atoms with E-state index in [-0.39, 0.29) is 5.91 Å². The highest BCUT2D eigenvalue weighted by molar-refractivity contribution is 5.97. The molecule has 1 saturated carbocycles. The lowest BCUT2D eigenvalue weighted by Crippen LogP contribution is -2.33. The number of aliphatic hydroxyl groups excluding tert-OH is 1. The van der Waals surface area contributed by atoms with Crippen LogP contribution in [0.4, 0.5) is 0 Å². The number of aliphatic hydroxyl groups is 1. The predicted molar refractivity (Wildman–Crippen MR) is 73.6 cm³/mol.